The standard InChI is InChI=1S/C31H36N2O4/c1-22-14-16-24(17-15-22)30(31(35)32-20-27-12-8-18-37-27)33(21-26-11-6-7-13-28(26)36-3)29(34)19-25-10-5-4-9-23(25)2/h4-7,9-11,13-17,27,30H,8,12,18-21H2,1-3H3,(H,32,35). The topological polar surface area (TPSA) is 67.9 Å². The molecule has 3 aromatic carbocycles. The minimum absolute atomic E-state index is 0.00737. The Hall–Kier alpha value is -3.64. The first-order valence-electron chi connectivity index (χ1n) is 12.9. The number of benzene rings is 3. The zero-order chi connectivity index (χ0) is 26.2. The molecular formula is C31H36N2O4. The van der Waals surface area contributed by atoms with Gasteiger partial charge in [0, 0.05) is 18.7 Å². The Morgan fingerprint density at radius 1 is 1.00 bits per heavy atom. The normalized spacial score (nSPS) is 15.7. The van der Waals surface area contributed by atoms with Crippen LogP contribution in [0.3, 0.4) is 0 Å². The van der Waals surface area contributed by atoms with Gasteiger partial charge in [-0.2, -0.15) is 0 Å². The third-order valence-electron chi connectivity index (χ3n) is 6.94. The Bertz CT molecular complexity index is 1200. The van der Waals surface area contributed by atoms with Crippen molar-refractivity contribution in [3.8, 4) is 5.75 Å². The van der Waals surface area contributed by atoms with Crippen LogP contribution >= 0.6 is 0 Å². The smallest absolute Gasteiger partial charge is 0.247 e. The van der Waals surface area contributed by atoms with E-state index in [1.54, 1.807) is 12.0 Å². The van der Waals surface area contributed by atoms with Gasteiger partial charge in [0.1, 0.15) is 11.8 Å². The molecule has 2 unspecified atom stereocenters. The number of nitrogens with zero attached hydrogens (tertiary/aromatic N) is 1. The highest BCUT2D eigenvalue weighted by Gasteiger charge is 2.33. The van der Waals surface area contributed by atoms with Crippen LogP contribution in [-0.2, 0) is 27.3 Å². The van der Waals surface area contributed by atoms with E-state index in [0.717, 1.165) is 47.3 Å². The zero-order valence-electron chi connectivity index (χ0n) is 21.9. The van der Waals surface area contributed by atoms with Crippen molar-refractivity contribution < 1.29 is 19.1 Å². The van der Waals surface area contributed by atoms with Gasteiger partial charge in [-0.15, -0.1) is 0 Å². The summed E-state index contributed by atoms with van der Waals surface area (Å²) >= 11 is 0. The maximum absolute atomic E-state index is 14.0. The molecule has 1 aliphatic rings. The van der Waals surface area contributed by atoms with Gasteiger partial charge < -0.3 is 19.7 Å². The van der Waals surface area contributed by atoms with Crippen LogP contribution in [0, 0.1) is 13.8 Å². The van der Waals surface area contributed by atoms with E-state index >= 15 is 0 Å². The number of ether oxygens (including phenoxy) is 2. The number of carbonyl (C=O) groups is 2. The number of carbonyl (C=O) groups excluding carboxylic acids is 2. The van der Waals surface area contributed by atoms with Gasteiger partial charge in [0.2, 0.25) is 11.8 Å². The first kappa shape index (κ1) is 26.4. The first-order valence-corrected chi connectivity index (χ1v) is 12.9. The number of rotatable bonds is 10. The largest absolute Gasteiger partial charge is 0.496 e. The molecule has 0 saturated carbocycles. The molecule has 4 rings (SSSR count). The van der Waals surface area contributed by atoms with Crippen molar-refractivity contribution in [2.45, 2.75) is 51.8 Å². The molecule has 0 aliphatic carbocycles. The molecule has 194 valence electrons. The number of hydrogen-bond donors (Lipinski definition) is 1. The van der Waals surface area contributed by atoms with E-state index in [1.807, 2.05) is 86.6 Å². The second-order valence-electron chi connectivity index (χ2n) is 9.63. The maximum Gasteiger partial charge on any atom is 0.247 e. The van der Waals surface area contributed by atoms with Crippen molar-refractivity contribution in [1.29, 1.82) is 0 Å². The number of hydrogen-bond acceptors (Lipinski definition) is 4. The third-order valence-corrected chi connectivity index (χ3v) is 6.94. The molecule has 37 heavy (non-hydrogen) atoms. The molecule has 0 bridgehead atoms. The molecule has 0 radical (unpaired) electrons. The van der Waals surface area contributed by atoms with E-state index in [0.29, 0.717) is 12.3 Å². The van der Waals surface area contributed by atoms with Crippen LogP contribution in [0.15, 0.2) is 72.8 Å². The monoisotopic (exact) mass is 500 g/mol. The molecule has 0 aromatic heterocycles. The molecular weight excluding hydrogens is 464 g/mol. The van der Waals surface area contributed by atoms with Crippen LogP contribution < -0.4 is 10.1 Å². The summed E-state index contributed by atoms with van der Waals surface area (Å²) in [7, 11) is 1.62. The van der Waals surface area contributed by atoms with Gasteiger partial charge in [-0.05, 0) is 49.4 Å². The number of amides is 2. The van der Waals surface area contributed by atoms with E-state index in [2.05, 4.69) is 5.32 Å². The highest BCUT2D eigenvalue weighted by molar-refractivity contribution is 5.89. The fourth-order valence-corrected chi connectivity index (χ4v) is 4.75. The summed E-state index contributed by atoms with van der Waals surface area (Å²) in [5.41, 5.74) is 4.68. The summed E-state index contributed by atoms with van der Waals surface area (Å²) in [6, 6.07) is 22.5. The highest BCUT2D eigenvalue weighted by Crippen LogP contribution is 2.29. The van der Waals surface area contributed by atoms with Crippen molar-refractivity contribution in [2.24, 2.45) is 0 Å². The second kappa shape index (κ2) is 12.5. The van der Waals surface area contributed by atoms with Gasteiger partial charge in [-0.25, -0.2) is 0 Å². The predicted octanol–water partition coefficient (Wildman–Crippen LogP) is 4.92. The third kappa shape index (κ3) is 6.77. The van der Waals surface area contributed by atoms with Crippen LogP contribution in [-0.4, -0.2) is 43.1 Å². The van der Waals surface area contributed by atoms with Gasteiger partial charge in [-0.3, -0.25) is 9.59 Å². The molecule has 6 heteroatoms. The molecule has 1 heterocycles. The van der Waals surface area contributed by atoms with Crippen molar-refractivity contribution >= 4 is 11.8 Å². The van der Waals surface area contributed by atoms with E-state index in [9.17, 15) is 9.59 Å². The van der Waals surface area contributed by atoms with Crippen molar-refractivity contribution in [3.63, 3.8) is 0 Å². The van der Waals surface area contributed by atoms with Crippen molar-refractivity contribution in [3.05, 3.63) is 101 Å². The van der Waals surface area contributed by atoms with Crippen molar-refractivity contribution in [2.75, 3.05) is 20.3 Å². The fourth-order valence-electron chi connectivity index (χ4n) is 4.75. The Morgan fingerprint density at radius 3 is 2.38 bits per heavy atom. The Morgan fingerprint density at radius 2 is 1.70 bits per heavy atom. The lowest BCUT2D eigenvalue weighted by Crippen LogP contribution is -2.45. The minimum atomic E-state index is -0.802. The highest BCUT2D eigenvalue weighted by atomic mass is 16.5. The van der Waals surface area contributed by atoms with Gasteiger partial charge in [0.25, 0.3) is 0 Å². The fraction of sp³-hybridized carbons (Fsp3) is 0.355. The van der Waals surface area contributed by atoms with Crippen LogP contribution in [0.4, 0.5) is 0 Å². The van der Waals surface area contributed by atoms with Gasteiger partial charge in [-0.1, -0.05) is 72.3 Å². The number of methoxy groups -OCH3 is 1. The minimum Gasteiger partial charge on any atom is -0.496 e. The van der Waals surface area contributed by atoms with E-state index < -0.39 is 6.04 Å². The lowest BCUT2D eigenvalue weighted by Gasteiger charge is -2.32. The summed E-state index contributed by atoms with van der Waals surface area (Å²) in [6.07, 6.45) is 2.13. The molecule has 2 amide bonds. The SMILES string of the molecule is COc1ccccc1CN(C(=O)Cc1ccccc1C)C(C(=O)NCC1CCCO1)c1ccc(C)cc1. The van der Waals surface area contributed by atoms with E-state index in [-0.39, 0.29) is 30.9 Å². The Kier molecular flexibility index (Phi) is 8.96. The van der Waals surface area contributed by atoms with Crippen LogP contribution in [0.1, 0.15) is 46.7 Å². The first-order chi connectivity index (χ1) is 18.0. The molecule has 2 atom stereocenters. The summed E-state index contributed by atoms with van der Waals surface area (Å²) in [4.78, 5) is 29.5. The van der Waals surface area contributed by atoms with Crippen molar-refractivity contribution in [1.82, 2.24) is 10.2 Å². The predicted molar refractivity (Wildman–Crippen MR) is 144 cm³/mol. The summed E-state index contributed by atoms with van der Waals surface area (Å²) in [5, 5.41) is 3.07. The molecule has 6 nitrogen and oxygen atoms in total. The van der Waals surface area contributed by atoms with Gasteiger partial charge in [0.05, 0.1) is 26.2 Å². The summed E-state index contributed by atoms with van der Waals surface area (Å²) in [6.45, 7) is 5.39. The maximum atomic E-state index is 14.0. The molecule has 1 aliphatic heterocycles. The Balaban J connectivity index is 1.71. The molecule has 1 N–H and O–H groups in total. The van der Waals surface area contributed by atoms with Crippen LogP contribution in [0.5, 0.6) is 5.75 Å². The second-order valence-corrected chi connectivity index (χ2v) is 9.63. The number of para-hydroxylation sites is 1. The lowest BCUT2D eigenvalue weighted by molar-refractivity contribution is -0.141. The van der Waals surface area contributed by atoms with Gasteiger partial charge >= 0.3 is 0 Å². The Labute approximate surface area is 219 Å². The average Bonchev–Trinajstić information content (AvgIpc) is 3.43. The van der Waals surface area contributed by atoms with E-state index in [4.69, 9.17) is 9.47 Å². The molecule has 1 saturated heterocycles. The molecule has 3 aromatic rings. The number of aryl methyl sites for hydroxylation is 2. The van der Waals surface area contributed by atoms with E-state index in [1.165, 1.54) is 0 Å². The molecule has 1 fully saturated rings. The summed E-state index contributed by atoms with van der Waals surface area (Å²) < 4.78 is 11.3. The average molecular weight is 501 g/mol. The lowest BCUT2D eigenvalue weighted by atomic mass is 9.99. The van der Waals surface area contributed by atoms with Crippen LogP contribution in [0.2, 0.25) is 0 Å². The zero-order valence-corrected chi connectivity index (χ0v) is 21.9. The van der Waals surface area contributed by atoms with Gasteiger partial charge in [0.15, 0.2) is 0 Å². The quantitative estimate of drug-likeness (QED) is 0.429. The van der Waals surface area contributed by atoms with Crippen LogP contribution in [0.25, 0.3) is 0 Å². The summed E-state index contributed by atoms with van der Waals surface area (Å²) in [5.74, 6) is 0.337. The number of nitrogens with one attached hydrogen (secondary N) is 1. The molecule has 0 spiro atoms.